The van der Waals surface area contributed by atoms with Crippen LogP contribution >= 0.6 is 0 Å². The molecule has 110 valence electrons. The number of hydrogen-bond donors (Lipinski definition) is 2. The fraction of sp³-hybridized carbons (Fsp3) is 0.286. The van der Waals surface area contributed by atoms with Crippen molar-refractivity contribution in [3.05, 3.63) is 47.0 Å². The van der Waals surface area contributed by atoms with E-state index in [9.17, 15) is 9.59 Å². The van der Waals surface area contributed by atoms with Crippen LogP contribution in [0.25, 0.3) is 0 Å². The van der Waals surface area contributed by atoms with Gasteiger partial charge in [0.25, 0.3) is 11.8 Å². The van der Waals surface area contributed by atoms with Crippen LogP contribution in [0, 0.1) is 6.92 Å². The number of H-pyrrole nitrogens is 1. The first-order valence-corrected chi connectivity index (χ1v) is 6.46. The third kappa shape index (κ3) is 3.44. The summed E-state index contributed by atoms with van der Waals surface area (Å²) in [5.41, 5.74) is 1.51. The lowest BCUT2D eigenvalue weighted by atomic mass is 10.1. The number of amides is 2. The SMILES string of the molecule is CNC(=O)c1ccc(CN(C)C(=O)c2n[nH]c(C)n2)cc1. The number of carbonyl (C=O) groups is 2. The Labute approximate surface area is 122 Å². The maximum atomic E-state index is 12.1. The zero-order valence-corrected chi connectivity index (χ0v) is 12.2. The number of aromatic nitrogens is 3. The quantitative estimate of drug-likeness (QED) is 0.868. The molecule has 0 fully saturated rings. The van der Waals surface area contributed by atoms with Crippen molar-refractivity contribution in [2.45, 2.75) is 13.5 Å². The Morgan fingerprint density at radius 1 is 1.29 bits per heavy atom. The number of benzene rings is 1. The molecular weight excluding hydrogens is 270 g/mol. The third-order valence-electron chi connectivity index (χ3n) is 3.00. The standard InChI is InChI=1S/C14H17N5O2/c1-9-16-12(18-17-9)14(21)19(3)8-10-4-6-11(7-5-10)13(20)15-2/h4-7H,8H2,1-3H3,(H,15,20)(H,16,17,18). The molecule has 0 aliphatic heterocycles. The Morgan fingerprint density at radius 2 is 1.95 bits per heavy atom. The highest BCUT2D eigenvalue weighted by Gasteiger charge is 2.16. The summed E-state index contributed by atoms with van der Waals surface area (Å²) in [5.74, 6) is 0.357. The Bertz CT molecular complexity index is 648. The molecule has 0 unspecified atom stereocenters. The first-order valence-electron chi connectivity index (χ1n) is 6.46. The Morgan fingerprint density at radius 3 is 2.48 bits per heavy atom. The number of aromatic amines is 1. The summed E-state index contributed by atoms with van der Waals surface area (Å²) in [5, 5.41) is 9.05. The van der Waals surface area contributed by atoms with E-state index in [0.29, 0.717) is 17.9 Å². The second-order valence-corrected chi connectivity index (χ2v) is 4.68. The van der Waals surface area contributed by atoms with Gasteiger partial charge < -0.3 is 10.2 Å². The predicted octanol–water partition coefficient (Wildman–Crippen LogP) is 0.745. The van der Waals surface area contributed by atoms with Gasteiger partial charge in [0, 0.05) is 26.2 Å². The molecule has 0 bridgehead atoms. The molecule has 7 nitrogen and oxygen atoms in total. The number of nitrogens with zero attached hydrogens (tertiary/aromatic N) is 3. The molecule has 0 spiro atoms. The van der Waals surface area contributed by atoms with Crippen molar-refractivity contribution in [2.24, 2.45) is 0 Å². The molecular formula is C14H17N5O2. The van der Waals surface area contributed by atoms with Gasteiger partial charge in [-0.15, -0.1) is 5.10 Å². The number of carbonyl (C=O) groups excluding carboxylic acids is 2. The third-order valence-corrected chi connectivity index (χ3v) is 3.00. The maximum absolute atomic E-state index is 12.1. The molecule has 1 aromatic heterocycles. The van der Waals surface area contributed by atoms with Crippen LogP contribution in [0.2, 0.25) is 0 Å². The summed E-state index contributed by atoms with van der Waals surface area (Å²) in [6.07, 6.45) is 0. The van der Waals surface area contributed by atoms with E-state index in [-0.39, 0.29) is 17.6 Å². The van der Waals surface area contributed by atoms with Gasteiger partial charge in [0.1, 0.15) is 5.82 Å². The summed E-state index contributed by atoms with van der Waals surface area (Å²) in [4.78, 5) is 29.1. The van der Waals surface area contributed by atoms with E-state index >= 15 is 0 Å². The van der Waals surface area contributed by atoms with E-state index in [0.717, 1.165) is 5.56 Å². The minimum absolute atomic E-state index is 0.137. The molecule has 0 aliphatic rings. The minimum Gasteiger partial charge on any atom is -0.355 e. The maximum Gasteiger partial charge on any atom is 0.293 e. The van der Waals surface area contributed by atoms with Gasteiger partial charge in [0.2, 0.25) is 5.82 Å². The molecule has 0 atom stereocenters. The van der Waals surface area contributed by atoms with Crippen molar-refractivity contribution in [3.63, 3.8) is 0 Å². The largest absolute Gasteiger partial charge is 0.355 e. The molecule has 2 rings (SSSR count). The molecule has 21 heavy (non-hydrogen) atoms. The summed E-state index contributed by atoms with van der Waals surface area (Å²) in [6.45, 7) is 2.15. The van der Waals surface area contributed by atoms with Gasteiger partial charge in [-0.05, 0) is 24.6 Å². The average Bonchev–Trinajstić information content (AvgIpc) is 2.93. The van der Waals surface area contributed by atoms with Crippen molar-refractivity contribution in [3.8, 4) is 0 Å². The summed E-state index contributed by atoms with van der Waals surface area (Å²) < 4.78 is 0. The van der Waals surface area contributed by atoms with Crippen molar-refractivity contribution in [1.29, 1.82) is 0 Å². The molecule has 2 N–H and O–H groups in total. The van der Waals surface area contributed by atoms with E-state index in [1.54, 1.807) is 33.2 Å². The van der Waals surface area contributed by atoms with Gasteiger partial charge >= 0.3 is 0 Å². The summed E-state index contributed by atoms with van der Waals surface area (Å²) in [6, 6.07) is 7.09. The Hall–Kier alpha value is -2.70. The fourth-order valence-corrected chi connectivity index (χ4v) is 1.86. The topological polar surface area (TPSA) is 91.0 Å². The monoisotopic (exact) mass is 287 g/mol. The predicted molar refractivity (Wildman–Crippen MR) is 76.7 cm³/mol. The van der Waals surface area contributed by atoms with Gasteiger partial charge in [-0.2, -0.15) is 0 Å². The molecule has 1 aromatic carbocycles. The van der Waals surface area contributed by atoms with E-state index in [2.05, 4.69) is 20.5 Å². The van der Waals surface area contributed by atoms with E-state index < -0.39 is 0 Å². The first-order chi connectivity index (χ1) is 10.0. The highest BCUT2D eigenvalue weighted by Crippen LogP contribution is 2.08. The van der Waals surface area contributed by atoms with Crippen LogP contribution in [-0.4, -0.2) is 46.0 Å². The van der Waals surface area contributed by atoms with E-state index in [1.807, 2.05) is 12.1 Å². The van der Waals surface area contributed by atoms with Gasteiger partial charge in [0.05, 0.1) is 0 Å². The highest BCUT2D eigenvalue weighted by atomic mass is 16.2. The van der Waals surface area contributed by atoms with Gasteiger partial charge in [-0.3, -0.25) is 14.7 Å². The van der Waals surface area contributed by atoms with Crippen molar-refractivity contribution < 1.29 is 9.59 Å². The number of hydrogen-bond acceptors (Lipinski definition) is 4. The lowest BCUT2D eigenvalue weighted by molar-refractivity contribution is 0.0773. The number of aryl methyl sites for hydroxylation is 1. The summed E-state index contributed by atoms with van der Waals surface area (Å²) in [7, 11) is 3.27. The highest BCUT2D eigenvalue weighted by molar-refractivity contribution is 5.94. The van der Waals surface area contributed by atoms with E-state index in [4.69, 9.17) is 0 Å². The number of nitrogens with one attached hydrogen (secondary N) is 2. The fourth-order valence-electron chi connectivity index (χ4n) is 1.86. The van der Waals surface area contributed by atoms with Gasteiger partial charge in [0.15, 0.2) is 0 Å². The zero-order valence-electron chi connectivity index (χ0n) is 12.2. The molecule has 0 saturated heterocycles. The lowest BCUT2D eigenvalue weighted by Gasteiger charge is -2.15. The molecule has 2 aromatic rings. The van der Waals surface area contributed by atoms with Crippen LogP contribution in [0.3, 0.4) is 0 Å². The molecule has 2 amide bonds. The van der Waals surface area contributed by atoms with Crippen LogP contribution < -0.4 is 5.32 Å². The first kappa shape index (κ1) is 14.7. The van der Waals surface area contributed by atoms with Crippen LogP contribution in [0.1, 0.15) is 32.4 Å². The van der Waals surface area contributed by atoms with Crippen LogP contribution in [-0.2, 0) is 6.54 Å². The van der Waals surface area contributed by atoms with Crippen molar-refractivity contribution >= 4 is 11.8 Å². The zero-order chi connectivity index (χ0) is 15.4. The molecule has 7 heteroatoms. The van der Waals surface area contributed by atoms with Crippen molar-refractivity contribution in [1.82, 2.24) is 25.4 Å². The minimum atomic E-state index is -0.255. The van der Waals surface area contributed by atoms with Gasteiger partial charge in [-0.25, -0.2) is 4.98 Å². The average molecular weight is 287 g/mol. The second kappa shape index (κ2) is 6.17. The molecule has 1 heterocycles. The molecule has 0 aliphatic carbocycles. The number of rotatable bonds is 4. The smallest absolute Gasteiger partial charge is 0.293 e. The molecule has 0 radical (unpaired) electrons. The van der Waals surface area contributed by atoms with Crippen molar-refractivity contribution in [2.75, 3.05) is 14.1 Å². The van der Waals surface area contributed by atoms with Crippen LogP contribution in [0.4, 0.5) is 0 Å². The normalized spacial score (nSPS) is 10.2. The lowest BCUT2D eigenvalue weighted by Crippen LogP contribution is -2.27. The van der Waals surface area contributed by atoms with E-state index in [1.165, 1.54) is 4.90 Å². The summed E-state index contributed by atoms with van der Waals surface area (Å²) >= 11 is 0. The van der Waals surface area contributed by atoms with Gasteiger partial charge in [-0.1, -0.05) is 12.1 Å². The molecule has 0 saturated carbocycles. The Balaban J connectivity index is 2.04. The second-order valence-electron chi connectivity index (χ2n) is 4.68. The Kier molecular flexibility index (Phi) is 4.32. The van der Waals surface area contributed by atoms with Crippen LogP contribution in [0.15, 0.2) is 24.3 Å². The van der Waals surface area contributed by atoms with Crippen LogP contribution in [0.5, 0.6) is 0 Å².